The molecule has 1 saturated heterocycles. The van der Waals surface area contributed by atoms with E-state index in [0.29, 0.717) is 12.8 Å². The Morgan fingerprint density at radius 2 is 2.20 bits per heavy atom. The van der Waals surface area contributed by atoms with Crippen LogP contribution in [0.3, 0.4) is 0 Å². The van der Waals surface area contributed by atoms with Crippen LogP contribution < -0.4 is 0 Å². The molecule has 1 fully saturated rings. The third-order valence-electron chi connectivity index (χ3n) is 3.16. The molecule has 1 aromatic carbocycles. The van der Waals surface area contributed by atoms with Gasteiger partial charge in [-0.15, -0.1) is 0 Å². The first-order valence-electron chi connectivity index (χ1n) is 5.92. The number of rotatable bonds is 3. The Bertz CT molecular complexity index is 634. The normalized spacial score (nSPS) is 20.1. The summed E-state index contributed by atoms with van der Waals surface area (Å²) in [6, 6.07) is 2.51. The lowest BCUT2D eigenvalue weighted by Gasteiger charge is -2.22. The van der Waals surface area contributed by atoms with Gasteiger partial charge < -0.3 is 4.74 Å². The molecular formula is C12H13BrFNO4S. The van der Waals surface area contributed by atoms with E-state index in [0.717, 1.165) is 16.4 Å². The van der Waals surface area contributed by atoms with Crippen molar-refractivity contribution in [1.82, 2.24) is 4.31 Å². The molecule has 0 radical (unpaired) electrons. The Morgan fingerprint density at radius 1 is 1.50 bits per heavy atom. The van der Waals surface area contributed by atoms with E-state index in [1.807, 2.05) is 0 Å². The van der Waals surface area contributed by atoms with Crippen molar-refractivity contribution in [3.63, 3.8) is 0 Å². The van der Waals surface area contributed by atoms with Gasteiger partial charge in [-0.25, -0.2) is 12.8 Å². The minimum atomic E-state index is -3.87. The molecule has 0 aromatic heterocycles. The molecule has 1 aliphatic heterocycles. The number of hydrogen-bond acceptors (Lipinski definition) is 4. The maximum absolute atomic E-state index is 13.1. The Morgan fingerprint density at radius 3 is 2.80 bits per heavy atom. The molecular weight excluding hydrogens is 353 g/mol. The van der Waals surface area contributed by atoms with E-state index in [2.05, 4.69) is 20.7 Å². The van der Waals surface area contributed by atoms with E-state index < -0.39 is 27.9 Å². The van der Waals surface area contributed by atoms with Crippen LogP contribution in [-0.2, 0) is 19.6 Å². The summed E-state index contributed by atoms with van der Waals surface area (Å²) < 4.78 is 44.1. The largest absolute Gasteiger partial charge is 0.468 e. The van der Waals surface area contributed by atoms with Crippen LogP contribution in [0.5, 0.6) is 0 Å². The van der Waals surface area contributed by atoms with Crippen molar-refractivity contribution in [3.8, 4) is 0 Å². The van der Waals surface area contributed by atoms with Crippen LogP contribution in [0, 0.1) is 5.82 Å². The highest BCUT2D eigenvalue weighted by molar-refractivity contribution is 9.10. The van der Waals surface area contributed by atoms with Gasteiger partial charge in [-0.3, -0.25) is 4.79 Å². The van der Waals surface area contributed by atoms with E-state index in [-0.39, 0.29) is 15.9 Å². The van der Waals surface area contributed by atoms with Gasteiger partial charge in [0.2, 0.25) is 10.0 Å². The highest BCUT2D eigenvalue weighted by atomic mass is 79.9. The number of carbonyl (C=O) groups is 1. The van der Waals surface area contributed by atoms with Gasteiger partial charge in [-0.1, -0.05) is 0 Å². The summed E-state index contributed by atoms with van der Waals surface area (Å²) in [5.74, 6) is -1.12. The molecule has 0 saturated carbocycles. The average Bonchev–Trinajstić information content (AvgIpc) is 2.87. The van der Waals surface area contributed by atoms with E-state index >= 15 is 0 Å². The Kier molecular flexibility index (Phi) is 4.46. The zero-order chi connectivity index (χ0) is 14.9. The van der Waals surface area contributed by atoms with Gasteiger partial charge in [0.1, 0.15) is 11.9 Å². The van der Waals surface area contributed by atoms with Crippen molar-refractivity contribution >= 4 is 31.9 Å². The average molecular weight is 366 g/mol. The molecule has 5 nitrogen and oxygen atoms in total. The van der Waals surface area contributed by atoms with Crippen LogP contribution in [0.4, 0.5) is 4.39 Å². The fraction of sp³-hybridized carbons (Fsp3) is 0.417. The molecule has 8 heteroatoms. The minimum Gasteiger partial charge on any atom is -0.468 e. The van der Waals surface area contributed by atoms with Crippen molar-refractivity contribution in [3.05, 3.63) is 28.5 Å². The summed E-state index contributed by atoms with van der Waals surface area (Å²) in [5, 5.41) is 0. The van der Waals surface area contributed by atoms with Crippen LogP contribution in [-0.4, -0.2) is 38.4 Å². The monoisotopic (exact) mass is 365 g/mol. The summed E-state index contributed by atoms with van der Waals surface area (Å²) in [7, 11) is -2.65. The van der Waals surface area contributed by atoms with Crippen LogP contribution in [0.25, 0.3) is 0 Å². The third-order valence-corrected chi connectivity index (χ3v) is 6.04. The van der Waals surface area contributed by atoms with E-state index in [4.69, 9.17) is 0 Å². The predicted octanol–water partition coefficient (Wildman–Crippen LogP) is 1.91. The Hall–Kier alpha value is -0.990. The number of benzene rings is 1. The molecule has 1 heterocycles. The van der Waals surface area contributed by atoms with E-state index in [1.54, 1.807) is 0 Å². The third kappa shape index (κ3) is 2.72. The Balaban J connectivity index is 2.41. The fourth-order valence-corrected chi connectivity index (χ4v) is 4.87. The van der Waals surface area contributed by atoms with Gasteiger partial charge in [-0.2, -0.15) is 4.31 Å². The summed E-state index contributed by atoms with van der Waals surface area (Å²) in [4.78, 5) is 11.6. The smallest absolute Gasteiger partial charge is 0.324 e. The summed E-state index contributed by atoms with van der Waals surface area (Å²) >= 11 is 3.04. The highest BCUT2D eigenvalue weighted by Crippen LogP contribution is 2.31. The van der Waals surface area contributed by atoms with Gasteiger partial charge in [0.15, 0.2) is 0 Å². The van der Waals surface area contributed by atoms with E-state index in [9.17, 15) is 17.6 Å². The molecule has 1 aromatic rings. The highest BCUT2D eigenvalue weighted by Gasteiger charge is 2.40. The minimum absolute atomic E-state index is 0.0605. The van der Waals surface area contributed by atoms with Crippen molar-refractivity contribution in [1.29, 1.82) is 0 Å². The van der Waals surface area contributed by atoms with Crippen molar-refractivity contribution < 1.29 is 22.3 Å². The summed E-state index contributed by atoms with van der Waals surface area (Å²) in [6.45, 7) is 0.242. The molecule has 1 aliphatic rings. The molecule has 0 spiro atoms. The quantitative estimate of drug-likeness (QED) is 0.767. The summed E-state index contributed by atoms with van der Waals surface area (Å²) in [6.07, 6.45) is 1.00. The predicted molar refractivity (Wildman–Crippen MR) is 73.0 cm³/mol. The molecule has 110 valence electrons. The van der Waals surface area contributed by atoms with Gasteiger partial charge in [-0.05, 0) is 47.0 Å². The van der Waals surface area contributed by atoms with E-state index in [1.165, 1.54) is 13.2 Å². The van der Waals surface area contributed by atoms with Crippen LogP contribution >= 0.6 is 15.9 Å². The van der Waals surface area contributed by atoms with Gasteiger partial charge in [0, 0.05) is 11.0 Å². The van der Waals surface area contributed by atoms with Crippen molar-refractivity contribution in [2.75, 3.05) is 13.7 Å². The fourth-order valence-electron chi connectivity index (χ4n) is 2.21. The van der Waals surface area contributed by atoms with Crippen molar-refractivity contribution in [2.24, 2.45) is 0 Å². The first-order chi connectivity index (χ1) is 9.37. The first kappa shape index (κ1) is 15.4. The lowest BCUT2D eigenvalue weighted by molar-refractivity contribution is -0.144. The van der Waals surface area contributed by atoms with Crippen LogP contribution in [0.15, 0.2) is 27.6 Å². The number of hydrogen-bond donors (Lipinski definition) is 0. The number of sulfonamides is 1. The molecule has 1 unspecified atom stereocenters. The zero-order valence-electron chi connectivity index (χ0n) is 10.7. The second-order valence-corrected chi connectivity index (χ2v) is 7.08. The molecule has 2 rings (SSSR count). The second kappa shape index (κ2) is 5.79. The van der Waals surface area contributed by atoms with Gasteiger partial charge in [0.25, 0.3) is 0 Å². The topological polar surface area (TPSA) is 63.7 Å². The maximum atomic E-state index is 13.1. The SMILES string of the molecule is COC(=O)C1CCCN1S(=O)(=O)c1ccc(F)cc1Br. The first-order valence-corrected chi connectivity index (χ1v) is 8.16. The molecule has 0 amide bonds. The Labute approximate surface area is 124 Å². The van der Waals surface area contributed by atoms with Crippen molar-refractivity contribution in [2.45, 2.75) is 23.8 Å². The number of halogens is 2. The number of ether oxygens (including phenoxy) is 1. The zero-order valence-corrected chi connectivity index (χ0v) is 13.1. The summed E-state index contributed by atoms with van der Waals surface area (Å²) in [5.41, 5.74) is 0. The lowest BCUT2D eigenvalue weighted by atomic mass is 10.2. The van der Waals surface area contributed by atoms with Gasteiger partial charge >= 0.3 is 5.97 Å². The molecule has 20 heavy (non-hydrogen) atoms. The van der Waals surface area contributed by atoms with Crippen LogP contribution in [0.1, 0.15) is 12.8 Å². The second-order valence-electron chi connectivity index (χ2n) is 4.37. The molecule has 1 atom stereocenters. The standard InChI is InChI=1S/C12H13BrFNO4S/c1-19-12(16)10-3-2-6-15(10)20(17,18)11-5-4-8(14)7-9(11)13/h4-5,7,10H,2-3,6H2,1H3. The number of methoxy groups -OCH3 is 1. The van der Waals surface area contributed by atoms with Crippen LogP contribution in [0.2, 0.25) is 0 Å². The number of carbonyl (C=O) groups excluding carboxylic acids is 1. The number of esters is 1. The number of nitrogens with zero attached hydrogens (tertiary/aromatic N) is 1. The maximum Gasteiger partial charge on any atom is 0.324 e. The molecule has 0 aliphatic carbocycles. The lowest BCUT2D eigenvalue weighted by Crippen LogP contribution is -2.41. The molecule has 0 N–H and O–H groups in total. The molecule has 0 bridgehead atoms. The van der Waals surface area contributed by atoms with Gasteiger partial charge in [0.05, 0.1) is 12.0 Å².